The molecule has 0 aromatic carbocycles. The topological polar surface area (TPSA) is 20.3 Å². The summed E-state index contributed by atoms with van der Waals surface area (Å²) in [7, 11) is 0. The Morgan fingerprint density at radius 2 is 1.69 bits per heavy atom. The largest absolute Gasteiger partial charge is 0.297 e. The van der Waals surface area contributed by atoms with E-state index in [4.69, 9.17) is 0 Å². The van der Waals surface area contributed by atoms with Crippen LogP contribution in [0.25, 0.3) is 0 Å². The van der Waals surface area contributed by atoms with Gasteiger partial charge in [0, 0.05) is 5.92 Å². The average molecular weight is 225 g/mol. The first-order valence-electron chi connectivity index (χ1n) is 6.91. The summed E-state index contributed by atoms with van der Waals surface area (Å²) < 4.78 is 0. The first-order valence-corrected chi connectivity index (χ1v) is 6.91. The number of rotatable bonds is 6. The lowest BCUT2D eigenvalue weighted by molar-refractivity contribution is -0.135. The molecule has 1 aliphatic heterocycles. The number of carbonyl (C=O) groups excluding carboxylic acids is 1. The molecule has 0 N–H and O–H groups in total. The maximum Gasteiger partial charge on any atom is 0.155 e. The van der Waals surface area contributed by atoms with Crippen LogP contribution in [0.1, 0.15) is 59.8 Å². The van der Waals surface area contributed by atoms with Crippen molar-refractivity contribution in [1.82, 2.24) is 4.90 Å². The van der Waals surface area contributed by atoms with Crippen LogP contribution in [0.2, 0.25) is 0 Å². The van der Waals surface area contributed by atoms with Crippen molar-refractivity contribution in [1.29, 1.82) is 0 Å². The predicted octanol–water partition coefficient (Wildman–Crippen LogP) is 3.26. The van der Waals surface area contributed by atoms with Crippen LogP contribution in [0.3, 0.4) is 0 Å². The highest BCUT2D eigenvalue weighted by Gasteiger charge is 2.42. The number of hydrogen-bond acceptors (Lipinski definition) is 2. The Kier molecular flexibility index (Phi) is 4.97. The van der Waals surface area contributed by atoms with Crippen LogP contribution in [0.15, 0.2) is 0 Å². The van der Waals surface area contributed by atoms with Crippen molar-refractivity contribution in [3.05, 3.63) is 0 Å². The summed E-state index contributed by atoms with van der Waals surface area (Å²) in [6.45, 7) is 10.8. The van der Waals surface area contributed by atoms with E-state index in [1.54, 1.807) is 0 Å². The molecule has 0 saturated carbocycles. The van der Waals surface area contributed by atoms with Gasteiger partial charge in [-0.05, 0) is 45.2 Å². The van der Waals surface area contributed by atoms with Gasteiger partial charge in [-0.2, -0.15) is 0 Å². The van der Waals surface area contributed by atoms with Crippen LogP contribution in [0.4, 0.5) is 0 Å². The molecular weight excluding hydrogens is 198 g/mol. The Morgan fingerprint density at radius 3 is 2.06 bits per heavy atom. The van der Waals surface area contributed by atoms with Crippen LogP contribution >= 0.6 is 0 Å². The normalized spacial score (nSPS) is 20.0. The van der Waals surface area contributed by atoms with Gasteiger partial charge in [-0.25, -0.2) is 0 Å². The second-order valence-electron chi connectivity index (χ2n) is 5.11. The fraction of sp³-hybridized carbons (Fsp3) is 0.929. The van der Waals surface area contributed by atoms with Gasteiger partial charge in [0.2, 0.25) is 0 Å². The lowest BCUT2D eigenvalue weighted by Crippen LogP contribution is -2.54. The van der Waals surface area contributed by atoms with Gasteiger partial charge in [0.15, 0.2) is 5.78 Å². The van der Waals surface area contributed by atoms with Crippen molar-refractivity contribution in [2.45, 2.75) is 65.3 Å². The number of carbonyl (C=O) groups is 1. The highest BCUT2D eigenvalue weighted by Crippen LogP contribution is 2.32. The predicted molar refractivity (Wildman–Crippen MR) is 68.6 cm³/mol. The molecule has 0 amide bonds. The van der Waals surface area contributed by atoms with Crippen molar-refractivity contribution in [2.24, 2.45) is 5.92 Å². The smallest absolute Gasteiger partial charge is 0.155 e. The first kappa shape index (κ1) is 13.7. The first-order chi connectivity index (χ1) is 7.62. The molecule has 1 unspecified atom stereocenters. The summed E-state index contributed by atoms with van der Waals surface area (Å²) in [4.78, 5) is 15.0. The minimum Gasteiger partial charge on any atom is -0.297 e. The molecule has 1 saturated heterocycles. The van der Waals surface area contributed by atoms with E-state index in [1.807, 2.05) is 0 Å². The van der Waals surface area contributed by atoms with Crippen molar-refractivity contribution >= 4 is 5.78 Å². The third-order valence-electron chi connectivity index (χ3n) is 4.40. The second-order valence-corrected chi connectivity index (χ2v) is 5.11. The summed E-state index contributed by atoms with van der Waals surface area (Å²) in [5.41, 5.74) is -0.161. The highest BCUT2D eigenvalue weighted by atomic mass is 16.1. The van der Waals surface area contributed by atoms with Crippen molar-refractivity contribution in [3.8, 4) is 0 Å². The molecular formula is C14H27NO. The Balaban J connectivity index is 2.89. The molecule has 0 aromatic rings. The van der Waals surface area contributed by atoms with Gasteiger partial charge in [0.05, 0.1) is 5.54 Å². The zero-order valence-electron chi connectivity index (χ0n) is 11.4. The molecule has 2 nitrogen and oxygen atoms in total. The van der Waals surface area contributed by atoms with E-state index >= 15 is 0 Å². The molecule has 1 aliphatic rings. The van der Waals surface area contributed by atoms with E-state index in [2.05, 4.69) is 32.6 Å². The number of likely N-dealkylation sites (tertiary alicyclic amines) is 1. The third kappa shape index (κ3) is 2.32. The molecule has 0 aromatic heterocycles. The van der Waals surface area contributed by atoms with Gasteiger partial charge in [-0.1, -0.05) is 27.7 Å². The molecule has 94 valence electrons. The molecule has 1 rings (SSSR count). The van der Waals surface area contributed by atoms with E-state index in [0.717, 1.165) is 32.4 Å². The number of hydrogen-bond donors (Lipinski definition) is 0. The van der Waals surface area contributed by atoms with Gasteiger partial charge in [0.1, 0.15) is 0 Å². The van der Waals surface area contributed by atoms with E-state index in [1.165, 1.54) is 12.8 Å². The maximum absolute atomic E-state index is 12.6. The minimum atomic E-state index is -0.161. The van der Waals surface area contributed by atoms with E-state index in [-0.39, 0.29) is 11.5 Å². The SMILES string of the molecule is CCC(C)C(=O)C(CC)(CC)N1CCCC1. The molecule has 2 heteroatoms. The van der Waals surface area contributed by atoms with Gasteiger partial charge in [-0.3, -0.25) is 9.69 Å². The van der Waals surface area contributed by atoms with Crippen molar-refractivity contribution < 1.29 is 4.79 Å². The van der Waals surface area contributed by atoms with Gasteiger partial charge in [0.25, 0.3) is 0 Å². The Hall–Kier alpha value is -0.370. The number of Topliss-reactive ketones (excluding diaryl/α,β-unsaturated/α-hetero) is 1. The van der Waals surface area contributed by atoms with Gasteiger partial charge < -0.3 is 0 Å². The van der Waals surface area contributed by atoms with E-state index in [9.17, 15) is 4.79 Å². The highest BCUT2D eigenvalue weighted by molar-refractivity contribution is 5.90. The summed E-state index contributed by atoms with van der Waals surface area (Å²) in [6.07, 6.45) is 5.42. The molecule has 0 bridgehead atoms. The fourth-order valence-electron chi connectivity index (χ4n) is 2.99. The standard InChI is InChI=1S/C14H27NO/c1-5-12(4)13(16)14(6-2,7-3)15-10-8-9-11-15/h12H,5-11H2,1-4H3. The van der Waals surface area contributed by atoms with E-state index in [0.29, 0.717) is 5.78 Å². The zero-order chi connectivity index (χ0) is 12.2. The van der Waals surface area contributed by atoms with Crippen molar-refractivity contribution in [2.75, 3.05) is 13.1 Å². The molecule has 16 heavy (non-hydrogen) atoms. The Labute approximate surface area is 100 Å². The van der Waals surface area contributed by atoms with Gasteiger partial charge in [-0.15, -0.1) is 0 Å². The van der Waals surface area contributed by atoms with Crippen LogP contribution in [-0.2, 0) is 4.79 Å². The molecule has 0 spiro atoms. The van der Waals surface area contributed by atoms with Crippen LogP contribution in [-0.4, -0.2) is 29.3 Å². The minimum absolute atomic E-state index is 0.161. The molecule has 1 fully saturated rings. The van der Waals surface area contributed by atoms with Crippen molar-refractivity contribution in [3.63, 3.8) is 0 Å². The summed E-state index contributed by atoms with van der Waals surface area (Å²) in [5.74, 6) is 0.683. The third-order valence-corrected chi connectivity index (χ3v) is 4.40. The van der Waals surface area contributed by atoms with Crippen LogP contribution in [0, 0.1) is 5.92 Å². The zero-order valence-corrected chi connectivity index (χ0v) is 11.4. The lowest BCUT2D eigenvalue weighted by Gasteiger charge is -2.41. The quantitative estimate of drug-likeness (QED) is 0.691. The van der Waals surface area contributed by atoms with Crippen LogP contribution < -0.4 is 0 Å². The summed E-state index contributed by atoms with van der Waals surface area (Å²) >= 11 is 0. The Morgan fingerprint density at radius 1 is 1.19 bits per heavy atom. The Bertz CT molecular complexity index is 227. The number of ketones is 1. The number of nitrogens with zero attached hydrogens (tertiary/aromatic N) is 1. The molecule has 1 atom stereocenters. The molecule has 0 aliphatic carbocycles. The summed E-state index contributed by atoms with van der Waals surface area (Å²) in [6, 6.07) is 0. The van der Waals surface area contributed by atoms with E-state index < -0.39 is 0 Å². The average Bonchev–Trinajstić information content (AvgIpc) is 2.84. The van der Waals surface area contributed by atoms with Crippen LogP contribution in [0.5, 0.6) is 0 Å². The molecule has 1 heterocycles. The second kappa shape index (κ2) is 5.81. The summed E-state index contributed by atoms with van der Waals surface area (Å²) in [5, 5.41) is 0. The maximum atomic E-state index is 12.6. The fourth-order valence-corrected chi connectivity index (χ4v) is 2.99. The lowest BCUT2D eigenvalue weighted by atomic mass is 9.80. The monoisotopic (exact) mass is 225 g/mol. The van der Waals surface area contributed by atoms with Gasteiger partial charge >= 0.3 is 0 Å². The molecule has 0 radical (unpaired) electrons.